The molecule has 2 aliphatic carbocycles. The molecule has 3 rings (SSSR count). The zero-order valence-electron chi connectivity index (χ0n) is 8.74. The van der Waals surface area contributed by atoms with Gasteiger partial charge in [-0.25, -0.2) is 0 Å². The largest absolute Gasteiger partial charge is 0.282 e. The van der Waals surface area contributed by atoms with E-state index in [-0.39, 0.29) is 0 Å². The Hall–Kier alpha value is 0.0200. The molecule has 2 heteroatoms. The second-order valence-electron chi connectivity index (χ2n) is 5.04. The van der Waals surface area contributed by atoms with E-state index in [1.807, 2.05) is 11.8 Å². The highest BCUT2D eigenvalue weighted by molar-refractivity contribution is 8.14. The molecule has 0 spiro atoms. The summed E-state index contributed by atoms with van der Waals surface area (Å²) in [5.41, 5.74) is 0. The quantitative estimate of drug-likeness (QED) is 0.645. The molecule has 2 atom stereocenters. The van der Waals surface area contributed by atoms with Crippen LogP contribution in [-0.4, -0.2) is 17.3 Å². The zero-order chi connectivity index (χ0) is 9.38. The van der Waals surface area contributed by atoms with Gasteiger partial charge >= 0.3 is 0 Å². The summed E-state index contributed by atoms with van der Waals surface area (Å²) in [5, 5.41) is 1.51. The Kier molecular flexibility index (Phi) is 2.57. The Morgan fingerprint density at radius 3 is 2.36 bits per heavy atom. The molecule has 0 bridgehead atoms. The number of thioether (sulfide) groups is 1. The number of aliphatic imine (C=N–C) groups is 1. The van der Waals surface area contributed by atoms with Crippen LogP contribution in [0.25, 0.3) is 0 Å². The maximum Gasteiger partial charge on any atom is 0.0708 e. The maximum atomic E-state index is 4.66. The molecule has 2 unspecified atom stereocenters. The van der Waals surface area contributed by atoms with Crippen LogP contribution in [0.5, 0.6) is 0 Å². The normalized spacial score (nSPS) is 42.3. The zero-order valence-corrected chi connectivity index (χ0v) is 9.56. The van der Waals surface area contributed by atoms with E-state index in [0.717, 1.165) is 24.3 Å². The van der Waals surface area contributed by atoms with Crippen molar-refractivity contribution in [1.29, 1.82) is 0 Å². The topological polar surface area (TPSA) is 12.4 Å². The van der Waals surface area contributed by atoms with Crippen LogP contribution in [0.15, 0.2) is 4.99 Å². The molecule has 2 fully saturated rings. The third-order valence-corrected chi connectivity index (χ3v) is 5.34. The van der Waals surface area contributed by atoms with Crippen LogP contribution in [0, 0.1) is 17.8 Å². The first kappa shape index (κ1) is 9.26. The van der Waals surface area contributed by atoms with E-state index in [2.05, 4.69) is 4.99 Å². The van der Waals surface area contributed by atoms with Gasteiger partial charge in [0.05, 0.1) is 5.04 Å². The van der Waals surface area contributed by atoms with Crippen molar-refractivity contribution in [2.75, 3.05) is 12.3 Å². The highest BCUT2D eigenvalue weighted by Gasteiger charge is 2.38. The minimum Gasteiger partial charge on any atom is -0.282 e. The van der Waals surface area contributed by atoms with Crippen molar-refractivity contribution in [1.82, 2.24) is 0 Å². The molecule has 78 valence electrons. The van der Waals surface area contributed by atoms with Crippen LogP contribution in [-0.2, 0) is 0 Å². The molecule has 0 saturated heterocycles. The van der Waals surface area contributed by atoms with Gasteiger partial charge in [0.2, 0.25) is 0 Å². The van der Waals surface area contributed by atoms with Crippen molar-refractivity contribution in [3.8, 4) is 0 Å². The molecule has 14 heavy (non-hydrogen) atoms. The highest BCUT2D eigenvalue weighted by Crippen LogP contribution is 2.47. The lowest BCUT2D eigenvalue weighted by Gasteiger charge is -2.24. The number of rotatable bonds is 1. The fraction of sp³-hybridized carbons (Fsp3) is 0.917. The molecule has 0 aromatic heterocycles. The van der Waals surface area contributed by atoms with Gasteiger partial charge in [-0.05, 0) is 24.7 Å². The molecule has 0 aromatic rings. The lowest BCUT2D eigenvalue weighted by molar-refractivity contribution is 0.277. The summed E-state index contributed by atoms with van der Waals surface area (Å²) in [6.45, 7) is 1.09. The van der Waals surface area contributed by atoms with Crippen LogP contribution in [0.4, 0.5) is 0 Å². The molecule has 0 amide bonds. The Balaban J connectivity index is 1.67. The van der Waals surface area contributed by atoms with Crippen LogP contribution in [0.3, 0.4) is 0 Å². The number of nitrogens with zero attached hydrogens (tertiary/aromatic N) is 1. The van der Waals surface area contributed by atoms with E-state index in [9.17, 15) is 0 Å². The van der Waals surface area contributed by atoms with Gasteiger partial charge in [-0.3, -0.25) is 4.99 Å². The van der Waals surface area contributed by atoms with Gasteiger partial charge < -0.3 is 0 Å². The van der Waals surface area contributed by atoms with Crippen molar-refractivity contribution in [3.05, 3.63) is 0 Å². The highest BCUT2D eigenvalue weighted by atomic mass is 32.2. The standard InChI is InChI=1S/C12H19NS/c1-2-4-10-8-11(7-9(10)3-1)12-13-5-6-14-12/h9-11H,1-8H2. The molecule has 0 aromatic carbocycles. The van der Waals surface area contributed by atoms with E-state index in [4.69, 9.17) is 0 Å². The van der Waals surface area contributed by atoms with Crippen LogP contribution < -0.4 is 0 Å². The first-order chi connectivity index (χ1) is 6.93. The van der Waals surface area contributed by atoms with Gasteiger partial charge in [-0.15, -0.1) is 11.8 Å². The summed E-state index contributed by atoms with van der Waals surface area (Å²) in [5.74, 6) is 4.26. The average Bonchev–Trinajstić information content (AvgIpc) is 2.86. The van der Waals surface area contributed by atoms with Crippen LogP contribution >= 0.6 is 11.8 Å². The first-order valence-corrected chi connectivity index (χ1v) is 7.09. The van der Waals surface area contributed by atoms with Crippen molar-refractivity contribution in [2.24, 2.45) is 22.7 Å². The Morgan fingerprint density at radius 1 is 1.07 bits per heavy atom. The summed E-state index contributed by atoms with van der Waals surface area (Å²) in [4.78, 5) is 4.66. The van der Waals surface area contributed by atoms with E-state index in [1.54, 1.807) is 0 Å². The molecule has 3 aliphatic rings. The van der Waals surface area contributed by atoms with Gasteiger partial charge in [0.25, 0.3) is 0 Å². The van der Waals surface area contributed by atoms with Crippen LogP contribution in [0.2, 0.25) is 0 Å². The van der Waals surface area contributed by atoms with Gasteiger partial charge in [0.1, 0.15) is 0 Å². The lowest BCUT2D eigenvalue weighted by atomic mass is 9.82. The molecular weight excluding hydrogens is 190 g/mol. The second-order valence-corrected chi connectivity index (χ2v) is 6.16. The maximum absolute atomic E-state index is 4.66. The average molecular weight is 209 g/mol. The SMILES string of the molecule is C1CCC2CC(C3=NCCS3)CC2C1. The fourth-order valence-electron chi connectivity index (χ4n) is 3.53. The minimum atomic E-state index is 0.871. The van der Waals surface area contributed by atoms with Crippen LogP contribution in [0.1, 0.15) is 38.5 Å². The first-order valence-electron chi connectivity index (χ1n) is 6.10. The van der Waals surface area contributed by atoms with Gasteiger partial charge in [0, 0.05) is 18.2 Å². The predicted octanol–water partition coefficient (Wildman–Crippen LogP) is 3.35. The second kappa shape index (κ2) is 3.88. The van der Waals surface area contributed by atoms with E-state index in [1.165, 1.54) is 49.3 Å². The molecule has 2 saturated carbocycles. The molecule has 0 N–H and O–H groups in total. The Bertz CT molecular complexity index is 235. The van der Waals surface area contributed by atoms with Gasteiger partial charge in [-0.1, -0.05) is 25.7 Å². The number of fused-ring (bicyclic) bond motifs is 1. The fourth-order valence-corrected chi connectivity index (χ4v) is 4.53. The molecule has 1 heterocycles. The Labute approximate surface area is 90.8 Å². The van der Waals surface area contributed by atoms with Crippen molar-refractivity contribution in [3.63, 3.8) is 0 Å². The predicted molar refractivity (Wildman–Crippen MR) is 62.9 cm³/mol. The van der Waals surface area contributed by atoms with Gasteiger partial charge in [0.15, 0.2) is 0 Å². The monoisotopic (exact) mass is 209 g/mol. The van der Waals surface area contributed by atoms with Crippen molar-refractivity contribution >= 4 is 16.8 Å². The summed E-state index contributed by atoms with van der Waals surface area (Å²) in [7, 11) is 0. The third kappa shape index (κ3) is 1.62. The molecular formula is C12H19NS. The number of hydrogen-bond acceptors (Lipinski definition) is 2. The van der Waals surface area contributed by atoms with E-state index < -0.39 is 0 Å². The smallest absolute Gasteiger partial charge is 0.0708 e. The summed E-state index contributed by atoms with van der Waals surface area (Å²) in [6.07, 6.45) is 8.95. The molecule has 0 radical (unpaired) electrons. The molecule has 1 aliphatic heterocycles. The number of hydrogen-bond donors (Lipinski definition) is 0. The van der Waals surface area contributed by atoms with E-state index >= 15 is 0 Å². The summed E-state index contributed by atoms with van der Waals surface area (Å²) in [6, 6.07) is 0. The van der Waals surface area contributed by atoms with Crippen molar-refractivity contribution in [2.45, 2.75) is 38.5 Å². The third-order valence-electron chi connectivity index (χ3n) is 4.20. The molecule has 1 nitrogen and oxygen atoms in total. The summed E-state index contributed by atoms with van der Waals surface area (Å²) >= 11 is 2.04. The summed E-state index contributed by atoms with van der Waals surface area (Å²) < 4.78 is 0. The van der Waals surface area contributed by atoms with E-state index in [0.29, 0.717) is 0 Å². The van der Waals surface area contributed by atoms with Gasteiger partial charge in [-0.2, -0.15) is 0 Å². The van der Waals surface area contributed by atoms with Crippen molar-refractivity contribution < 1.29 is 0 Å². The lowest BCUT2D eigenvalue weighted by Crippen LogP contribution is -2.12. The minimum absolute atomic E-state index is 0.871. The Morgan fingerprint density at radius 2 is 1.79 bits per heavy atom.